The van der Waals surface area contributed by atoms with Crippen molar-refractivity contribution in [2.75, 3.05) is 5.32 Å². The van der Waals surface area contributed by atoms with E-state index in [9.17, 15) is 4.39 Å². The number of anilines is 1. The first-order valence-electron chi connectivity index (χ1n) is 11.6. The van der Waals surface area contributed by atoms with Crippen LogP contribution >= 0.6 is 0 Å². The summed E-state index contributed by atoms with van der Waals surface area (Å²) in [5.41, 5.74) is 8.29. The summed E-state index contributed by atoms with van der Waals surface area (Å²) in [6, 6.07) is 14.6. The van der Waals surface area contributed by atoms with Crippen LogP contribution in [0.25, 0.3) is 55.7 Å². The second-order valence-electron chi connectivity index (χ2n) is 8.56. The van der Waals surface area contributed by atoms with Gasteiger partial charge in [-0.05, 0) is 47.9 Å². The van der Waals surface area contributed by atoms with Crippen molar-refractivity contribution in [3.05, 3.63) is 91.4 Å². The second kappa shape index (κ2) is 8.74. The Balaban J connectivity index is 1.43. The normalized spacial score (nSPS) is 11.3. The van der Waals surface area contributed by atoms with Crippen molar-refractivity contribution in [2.24, 2.45) is 0 Å². The van der Waals surface area contributed by atoms with Crippen molar-refractivity contribution in [1.82, 2.24) is 30.1 Å². The van der Waals surface area contributed by atoms with Crippen LogP contribution in [0.5, 0.6) is 0 Å². The van der Waals surface area contributed by atoms with Gasteiger partial charge in [0.15, 0.2) is 5.82 Å². The number of benzene rings is 2. The van der Waals surface area contributed by atoms with Crippen molar-refractivity contribution in [1.29, 1.82) is 0 Å². The minimum Gasteiger partial charge on any atom is -0.358 e. The van der Waals surface area contributed by atoms with Crippen molar-refractivity contribution < 1.29 is 4.39 Å². The Bertz CT molecular complexity index is 1750. The summed E-state index contributed by atoms with van der Waals surface area (Å²) < 4.78 is 13.9. The van der Waals surface area contributed by atoms with Crippen molar-refractivity contribution >= 4 is 27.6 Å². The highest BCUT2D eigenvalue weighted by molar-refractivity contribution is 5.98. The largest absolute Gasteiger partial charge is 0.358 e. The molecule has 0 unspecified atom stereocenters. The fourth-order valence-corrected chi connectivity index (χ4v) is 4.25. The molecule has 0 atom stereocenters. The molecule has 4 aromatic heterocycles. The van der Waals surface area contributed by atoms with E-state index in [0.717, 1.165) is 50.9 Å². The lowest BCUT2D eigenvalue weighted by atomic mass is 10.0. The van der Waals surface area contributed by atoms with E-state index in [1.165, 1.54) is 12.1 Å². The molecule has 3 N–H and O–H groups in total. The number of aromatic nitrogens is 6. The standard InChI is InChI=1S/C28H22FN7/c1-3-16(2)32-21-10-19(12-30-13-21)17-7-8-24-22(11-17)27(36-35-24)28-33-25-15-31-14-23(26(25)34-28)18-5-4-6-20(29)9-18/h4-15,32H,2-3H2,1H3,(H,33,34)(H,35,36). The van der Waals surface area contributed by atoms with E-state index < -0.39 is 0 Å². The summed E-state index contributed by atoms with van der Waals surface area (Å²) >= 11 is 0. The molecule has 8 heteroatoms. The number of nitrogens with zero attached hydrogens (tertiary/aromatic N) is 4. The quantitative estimate of drug-likeness (QED) is 0.249. The van der Waals surface area contributed by atoms with Crippen molar-refractivity contribution in [3.8, 4) is 33.8 Å². The first-order chi connectivity index (χ1) is 17.6. The summed E-state index contributed by atoms with van der Waals surface area (Å²) in [6.07, 6.45) is 7.86. The minimum atomic E-state index is -0.307. The Hall–Kier alpha value is -4.85. The molecule has 0 amide bonds. The van der Waals surface area contributed by atoms with Gasteiger partial charge in [0.05, 0.1) is 34.6 Å². The zero-order valence-electron chi connectivity index (χ0n) is 19.5. The van der Waals surface area contributed by atoms with Crippen LogP contribution < -0.4 is 5.32 Å². The number of rotatable bonds is 6. The van der Waals surface area contributed by atoms with Gasteiger partial charge in [-0.1, -0.05) is 31.7 Å². The topological polar surface area (TPSA) is 95.2 Å². The molecule has 0 fully saturated rings. The third kappa shape index (κ3) is 3.88. The number of hydrogen-bond acceptors (Lipinski definition) is 5. The lowest BCUT2D eigenvalue weighted by Gasteiger charge is -2.09. The predicted octanol–water partition coefficient (Wildman–Crippen LogP) is 6.70. The Labute approximate surface area is 206 Å². The number of fused-ring (bicyclic) bond motifs is 2. The molecule has 0 aliphatic rings. The van der Waals surface area contributed by atoms with Gasteiger partial charge in [0.2, 0.25) is 0 Å². The zero-order chi connectivity index (χ0) is 24.6. The highest BCUT2D eigenvalue weighted by atomic mass is 19.1. The van der Waals surface area contributed by atoms with Crippen LogP contribution in [0.2, 0.25) is 0 Å². The number of allylic oxidation sites excluding steroid dienone is 1. The predicted molar refractivity (Wildman–Crippen MR) is 141 cm³/mol. The van der Waals surface area contributed by atoms with E-state index in [0.29, 0.717) is 22.6 Å². The molecule has 0 bridgehead atoms. The molecule has 0 radical (unpaired) electrons. The molecule has 6 aromatic rings. The Kier molecular flexibility index (Phi) is 5.26. The number of nitrogens with one attached hydrogen (secondary N) is 3. The number of H-pyrrole nitrogens is 2. The molecule has 176 valence electrons. The lowest BCUT2D eigenvalue weighted by Crippen LogP contribution is -1.97. The van der Waals surface area contributed by atoms with Crippen LogP contribution in [0.1, 0.15) is 13.3 Å². The van der Waals surface area contributed by atoms with E-state index >= 15 is 0 Å². The molecular weight excluding hydrogens is 453 g/mol. The summed E-state index contributed by atoms with van der Waals surface area (Å²) in [5.74, 6) is 0.297. The van der Waals surface area contributed by atoms with Gasteiger partial charge in [0, 0.05) is 34.6 Å². The van der Waals surface area contributed by atoms with E-state index in [4.69, 9.17) is 4.98 Å². The molecule has 6 rings (SSSR count). The average Bonchev–Trinajstić information content (AvgIpc) is 3.52. The van der Waals surface area contributed by atoms with Gasteiger partial charge in [-0.15, -0.1) is 0 Å². The third-order valence-corrected chi connectivity index (χ3v) is 6.14. The molecule has 0 saturated carbocycles. The zero-order valence-corrected chi connectivity index (χ0v) is 19.5. The van der Waals surface area contributed by atoms with E-state index in [1.54, 1.807) is 24.7 Å². The van der Waals surface area contributed by atoms with Crippen LogP contribution in [-0.4, -0.2) is 30.1 Å². The number of hydrogen-bond donors (Lipinski definition) is 3. The average molecular weight is 476 g/mol. The maximum Gasteiger partial charge on any atom is 0.159 e. The molecule has 0 aliphatic carbocycles. The van der Waals surface area contributed by atoms with Crippen LogP contribution in [0, 0.1) is 5.82 Å². The van der Waals surface area contributed by atoms with Gasteiger partial charge in [0.1, 0.15) is 11.5 Å². The van der Waals surface area contributed by atoms with Gasteiger partial charge in [-0.3, -0.25) is 15.1 Å². The number of halogens is 1. The fourth-order valence-electron chi connectivity index (χ4n) is 4.25. The van der Waals surface area contributed by atoms with Gasteiger partial charge in [-0.25, -0.2) is 9.37 Å². The Morgan fingerprint density at radius 1 is 0.944 bits per heavy atom. The van der Waals surface area contributed by atoms with Crippen molar-refractivity contribution in [3.63, 3.8) is 0 Å². The molecule has 2 aromatic carbocycles. The highest BCUT2D eigenvalue weighted by Crippen LogP contribution is 2.33. The molecular formula is C28H22FN7. The summed E-state index contributed by atoms with van der Waals surface area (Å²) in [6.45, 7) is 6.06. The Morgan fingerprint density at radius 2 is 1.83 bits per heavy atom. The van der Waals surface area contributed by atoms with Gasteiger partial charge in [-0.2, -0.15) is 5.10 Å². The van der Waals surface area contributed by atoms with Crippen molar-refractivity contribution in [2.45, 2.75) is 13.3 Å². The van der Waals surface area contributed by atoms with Crippen LogP contribution in [-0.2, 0) is 0 Å². The van der Waals surface area contributed by atoms with E-state index in [1.807, 2.05) is 30.5 Å². The van der Waals surface area contributed by atoms with Gasteiger partial charge >= 0.3 is 0 Å². The maximum atomic E-state index is 13.9. The van der Waals surface area contributed by atoms with Crippen LogP contribution in [0.15, 0.2) is 85.6 Å². The number of pyridine rings is 2. The first kappa shape index (κ1) is 21.7. The van der Waals surface area contributed by atoms with E-state index in [2.05, 4.69) is 50.0 Å². The minimum absolute atomic E-state index is 0.307. The van der Waals surface area contributed by atoms with Gasteiger partial charge in [0.25, 0.3) is 0 Å². The molecule has 0 aliphatic heterocycles. The smallest absolute Gasteiger partial charge is 0.159 e. The summed E-state index contributed by atoms with van der Waals surface area (Å²) in [7, 11) is 0. The third-order valence-electron chi connectivity index (χ3n) is 6.14. The van der Waals surface area contributed by atoms with Crippen LogP contribution in [0.4, 0.5) is 10.1 Å². The molecule has 7 nitrogen and oxygen atoms in total. The van der Waals surface area contributed by atoms with E-state index in [-0.39, 0.29) is 5.82 Å². The number of aromatic amines is 2. The molecule has 36 heavy (non-hydrogen) atoms. The summed E-state index contributed by atoms with van der Waals surface area (Å²) in [5, 5.41) is 11.8. The fraction of sp³-hybridized carbons (Fsp3) is 0.0714. The number of imidazole rings is 1. The first-order valence-corrected chi connectivity index (χ1v) is 11.6. The lowest BCUT2D eigenvalue weighted by molar-refractivity contribution is 0.628. The van der Waals surface area contributed by atoms with Gasteiger partial charge < -0.3 is 10.3 Å². The SMILES string of the molecule is C=C(CC)Nc1cncc(-c2ccc3[nH]nc(-c4nc5c(-c6cccc(F)c6)cncc5[nH]4)c3c2)c1. The molecule has 0 spiro atoms. The van der Waals surface area contributed by atoms with Crippen LogP contribution in [0.3, 0.4) is 0 Å². The summed E-state index contributed by atoms with van der Waals surface area (Å²) in [4.78, 5) is 16.9. The Morgan fingerprint density at radius 3 is 2.69 bits per heavy atom. The highest BCUT2D eigenvalue weighted by Gasteiger charge is 2.16. The molecule has 4 heterocycles. The monoisotopic (exact) mass is 475 g/mol. The molecule has 0 saturated heterocycles. The second-order valence-corrected chi connectivity index (χ2v) is 8.56. The maximum absolute atomic E-state index is 13.9.